The van der Waals surface area contributed by atoms with Gasteiger partial charge in [0.1, 0.15) is 6.10 Å². The molecule has 3 aliphatic carbocycles. The van der Waals surface area contributed by atoms with Crippen molar-refractivity contribution in [2.45, 2.75) is 83.7 Å². The van der Waals surface area contributed by atoms with Crippen LogP contribution in [-0.4, -0.2) is 35.5 Å². The Morgan fingerprint density at radius 1 is 1.08 bits per heavy atom. The highest BCUT2D eigenvalue weighted by Crippen LogP contribution is 2.62. The van der Waals surface area contributed by atoms with Gasteiger partial charge in [-0.2, -0.15) is 0 Å². The summed E-state index contributed by atoms with van der Waals surface area (Å²) in [6, 6.07) is 5.65. The zero-order valence-electron chi connectivity index (χ0n) is 22.1. The third-order valence-corrected chi connectivity index (χ3v) is 10.7. The lowest BCUT2D eigenvalue weighted by Gasteiger charge is -2.55. The Morgan fingerprint density at radius 3 is 2.57 bits per heavy atom. The average Bonchev–Trinajstić information content (AvgIpc) is 3.17. The maximum absolute atomic E-state index is 12.7. The van der Waals surface area contributed by atoms with E-state index in [1.165, 1.54) is 43.5 Å². The van der Waals surface area contributed by atoms with E-state index in [0.29, 0.717) is 41.1 Å². The van der Waals surface area contributed by atoms with Crippen molar-refractivity contribution in [1.29, 1.82) is 0 Å². The number of hydrogen-bond acceptors (Lipinski definition) is 6. The van der Waals surface area contributed by atoms with Crippen molar-refractivity contribution in [2.75, 3.05) is 6.61 Å². The summed E-state index contributed by atoms with van der Waals surface area (Å²) >= 11 is 0. The summed E-state index contributed by atoms with van der Waals surface area (Å²) in [6.07, 6.45) is 12.2. The van der Waals surface area contributed by atoms with E-state index in [4.69, 9.17) is 14.2 Å². The molecule has 0 aromatic heterocycles. The topological polar surface area (TPSA) is 87.9 Å². The van der Waals surface area contributed by atoms with Gasteiger partial charge in [-0.05, 0) is 79.7 Å². The summed E-state index contributed by atoms with van der Waals surface area (Å²) in [4.78, 5) is 23.2. The first-order chi connectivity index (χ1) is 17.7. The highest BCUT2D eigenvalue weighted by molar-refractivity contribution is 5.89. The monoisotopic (exact) mass is 509 g/mol. The van der Waals surface area contributed by atoms with Crippen LogP contribution >= 0.6 is 0 Å². The Labute approximate surface area is 219 Å². The summed E-state index contributed by atoms with van der Waals surface area (Å²) in [5.41, 5.74) is 0.500. The molecule has 0 N–H and O–H groups in total. The molecule has 0 amide bonds. The molecule has 2 saturated heterocycles. The molecule has 4 fully saturated rings. The Hall–Kier alpha value is -2.25. The fourth-order valence-corrected chi connectivity index (χ4v) is 8.35. The van der Waals surface area contributed by atoms with E-state index in [2.05, 4.69) is 32.9 Å². The predicted octanol–water partition coefficient (Wildman–Crippen LogP) is 6.32. The van der Waals surface area contributed by atoms with Gasteiger partial charge in [-0.3, -0.25) is 10.1 Å². The fourth-order valence-electron chi connectivity index (χ4n) is 8.35. The number of rotatable bonds is 3. The Morgan fingerprint density at radius 2 is 1.86 bits per heavy atom. The molecule has 7 heteroatoms. The van der Waals surface area contributed by atoms with Crippen molar-refractivity contribution in [1.82, 2.24) is 0 Å². The zero-order chi connectivity index (χ0) is 25.9. The lowest BCUT2D eigenvalue weighted by atomic mass is 9.50. The minimum absolute atomic E-state index is 0.0298. The Kier molecular flexibility index (Phi) is 6.22. The maximum atomic E-state index is 12.7. The van der Waals surface area contributed by atoms with E-state index in [1.807, 2.05) is 0 Å². The van der Waals surface area contributed by atoms with Crippen molar-refractivity contribution in [3.8, 4) is 0 Å². The molecule has 10 atom stereocenters. The molecule has 200 valence electrons. The predicted molar refractivity (Wildman–Crippen MR) is 138 cm³/mol. The standard InChI is InChI=1S/C30H39NO6/c1-18-12-15-30(35-17-18)19(2)24-10-11-26-25(27(24)37-30)9-6-21-16-23(13-14-29(21,26)3)36-28(32)20-4-7-22(8-5-20)31(33)34/h4-9,18-19,21,23-27H,10-17H2,1-3H3/t18-,19+,21-,23-,24+,25+,26+,27-,29+,30+/m1/s1. The van der Waals surface area contributed by atoms with E-state index < -0.39 is 16.7 Å². The van der Waals surface area contributed by atoms with Gasteiger partial charge in [0.15, 0.2) is 5.79 Å². The number of nitro benzene ring substituents is 1. The molecule has 0 unspecified atom stereocenters. The van der Waals surface area contributed by atoms with Crippen LogP contribution in [0.4, 0.5) is 5.69 Å². The molecule has 5 aliphatic rings. The fraction of sp³-hybridized carbons (Fsp3) is 0.700. The van der Waals surface area contributed by atoms with E-state index in [-0.39, 0.29) is 23.3 Å². The molecule has 1 aromatic carbocycles. The number of nitrogens with zero attached hydrogens (tertiary/aromatic N) is 1. The number of ether oxygens (including phenoxy) is 3. The lowest BCUT2D eigenvalue weighted by Crippen LogP contribution is -2.52. The second kappa shape index (κ2) is 9.19. The van der Waals surface area contributed by atoms with Gasteiger partial charge < -0.3 is 14.2 Å². The SMILES string of the molecule is C[C@@H]1CC[C@]2(OC1)O[C@H]1[C@H]3C=C[C@@H]4C[C@H](OC(=O)c5ccc([N+](=O)[O-])cc5)CC[C@]4(C)[C@H]3CC[C@H]1[C@@H]2C. The van der Waals surface area contributed by atoms with Crippen molar-refractivity contribution >= 4 is 11.7 Å². The molecular formula is C30H39NO6. The lowest BCUT2D eigenvalue weighted by molar-refractivity contribution is -0.384. The highest BCUT2D eigenvalue weighted by atomic mass is 16.7. The molecular weight excluding hydrogens is 470 g/mol. The molecule has 0 bridgehead atoms. The highest BCUT2D eigenvalue weighted by Gasteiger charge is 2.61. The maximum Gasteiger partial charge on any atom is 0.338 e. The van der Waals surface area contributed by atoms with Crippen LogP contribution < -0.4 is 0 Å². The molecule has 1 aromatic rings. The molecule has 2 heterocycles. The van der Waals surface area contributed by atoms with Gasteiger partial charge in [0.05, 0.1) is 23.2 Å². The largest absolute Gasteiger partial charge is 0.459 e. The van der Waals surface area contributed by atoms with Crippen LogP contribution in [-0.2, 0) is 14.2 Å². The number of fused-ring (bicyclic) bond motifs is 5. The number of nitro groups is 1. The van der Waals surface area contributed by atoms with Crippen molar-refractivity contribution in [3.05, 3.63) is 52.1 Å². The first-order valence-electron chi connectivity index (χ1n) is 14.2. The zero-order valence-corrected chi connectivity index (χ0v) is 22.1. The van der Waals surface area contributed by atoms with Gasteiger partial charge in [-0.25, -0.2) is 4.79 Å². The molecule has 1 spiro atoms. The second-order valence-corrected chi connectivity index (χ2v) is 12.7. The van der Waals surface area contributed by atoms with Crippen molar-refractivity contribution in [2.24, 2.45) is 40.9 Å². The number of carbonyl (C=O) groups is 1. The number of hydrogen-bond donors (Lipinski definition) is 0. The van der Waals surface area contributed by atoms with Crippen LogP contribution in [0.15, 0.2) is 36.4 Å². The summed E-state index contributed by atoms with van der Waals surface area (Å²) in [7, 11) is 0. The minimum Gasteiger partial charge on any atom is -0.459 e. The Bertz CT molecular complexity index is 1080. The number of non-ortho nitro benzene ring substituents is 1. The number of allylic oxidation sites excluding steroid dienone is 1. The van der Waals surface area contributed by atoms with E-state index >= 15 is 0 Å². The number of carbonyl (C=O) groups excluding carboxylic acids is 1. The van der Waals surface area contributed by atoms with Gasteiger partial charge >= 0.3 is 5.97 Å². The van der Waals surface area contributed by atoms with Gasteiger partial charge in [0.2, 0.25) is 0 Å². The molecule has 37 heavy (non-hydrogen) atoms. The molecule has 7 nitrogen and oxygen atoms in total. The van der Waals surface area contributed by atoms with Crippen molar-refractivity contribution in [3.63, 3.8) is 0 Å². The molecule has 0 radical (unpaired) electrons. The summed E-state index contributed by atoms with van der Waals surface area (Å²) in [5.74, 6) is 2.15. The van der Waals surface area contributed by atoms with E-state index in [0.717, 1.165) is 32.3 Å². The van der Waals surface area contributed by atoms with Crippen molar-refractivity contribution < 1.29 is 23.9 Å². The van der Waals surface area contributed by atoms with Gasteiger partial charge in [-0.1, -0.05) is 32.9 Å². The van der Waals surface area contributed by atoms with Crippen LogP contribution in [0.25, 0.3) is 0 Å². The van der Waals surface area contributed by atoms with Crippen LogP contribution in [0, 0.1) is 51.0 Å². The molecule has 6 rings (SSSR count). The van der Waals surface area contributed by atoms with Gasteiger partial charge in [0, 0.05) is 30.4 Å². The molecule has 2 saturated carbocycles. The summed E-state index contributed by atoms with van der Waals surface area (Å²) in [5, 5.41) is 10.9. The van der Waals surface area contributed by atoms with Crippen LogP contribution in [0.5, 0.6) is 0 Å². The first-order valence-corrected chi connectivity index (χ1v) is 14.2. The van der Waals surface area contributed by atoms with Crippen LogP contribution in [0.2, 0.25) is 0 Å². The van der Waals surface area contributed by atoms with Gasteiger partial charge in [0.25, 0.3) is 5.69 Å². The third-order valence-electron chi connectivity index (χ3n) is 10.7. The van der Waals surface area contributed by atoms with Crippen LogP contribution in [0.3, 0.4) is 0 Å². The van der Waals surface area contributed by atoms with E-state index in [1.54, 1.807) is 0 Å². The quantitative estimate of drug-likeness (QED) is 0.205. The summed E-state index contributed by atoms with van der Waals surface area (Å²) in [6.45, 7) is 7.86. The number of benzene rings is 1. The minimum atomic E-state index is -0.465. The average molecular weight is 510 g/mol. The Balaban J connectivity index is 1.14. The normalized spacial score (nSPS) is 44.5. The number of esters is 1. The second-order valence-electron chi connectivity index (χ2n) is 12.7. The smallest absolute Gasteiger partial charge is 0.338 e. The first kappa shape index (κ1) is 25.1. The summed E-state index contributed by atoms with van der Waals surface area (Å²) < 4.78 is 19.2. The van der Waals surface area contributed by atoms with E-state index in [9.17, 15) is 14.9 Å². The third kappa shape index (κ3) is 4.13. The van der Waals surface area contributed by atoms with Gasteiger partial charge in [-0.15, -0.1) is 0 Å². The van der Waals surface area contributed by atoms with Crippen LogP contribution in [0.1, 0.15) is 76.1 Å². The molecule has 2 aliphatic heterocycles.